The molecule has 13 heteroatoms. The number of anilines is 1. The molecule has 2 aromatic heterocycles. The van der Waals surface area contributed by atoms with Crippen LogP contribution < -0.4 is 20.9 Å². The van der Waals surface area contributed by atoms with Crippen LogP contribution in [0.2, 0.25) is 0 Å². The molecule has 1 amide bonds. The molecule has 0 radical (unpaired) electrons. The second-order valence-corrected chi connectivity index (χ2v) is 9.95. The summed E-state index contributed by atoms with van der Waals surface area (Å²) < 4.78 is 33.7. The molecule has 41 heavy (non-hydrogen) atoms. The van der Waals surface area contributed by atoms with E-state index in [0.29, 0.717) is 42.0 Å². The Morgan fingerprint density at radius 1 is 1.15 bits per heavy atom. The Morgan fingerprint density at radius 3 is 2.56 bits per heavy atom. The van der Waals surface area contributed by atoms with Crippen molar-refractivity contribution in [1.29, 1.82) is 0 Å². The first-order valence-corrected chi connectivity index (χ1v) is 13.2. The second-order valence-electron chi connectivity index (χ2n) is 9.95. The van der Waals surface area contributed by atoms with E-state index in [2.05, 4.69) is 14.7 Å². The predicted octanol–water partition coefficient (Wildman–Crippen LogP) is 1.80. The number of piperazine rings is 1. The molecular weight excluding hydrogens is 536 g/mol. The van der Waals surface area contributed by atoms with Crippen molar-refractivity contribution in [3.05, 3.63) is 70.8 Å². The standard InChI is InChI=1S/C28H31F2N7O4/c1-17-15-35(9-10-36(17)26(40)23(38)12-31)28-32-13-20(14-33-28)18-7-8-21-22(11-18)37(34(2)25(21)39)16-19-5-3-4-6-24(19)41-27(29)30/h3-8,11,13-14,17,23,27,38H,9-10,12,15-16,31H2,1-2H3/t17-,23?/m1/s1. The molecule has 1 aliphatic heterocycles. The quantitative estimate of drug-likeness (QED) is 0.330. The molecular formula is C28H31F2N7O4. The molecule has 1 saturated heterocycles. The molecule has 2 atom stereocenters. The fraction of sp³-hybridized carbons (Fsp3) is 0.357. The Balaban J connectivity index is 1.39. The maximum absolute atomic E-state index is 12.9. The monoisotopic (exact) mass is 567 g/mol. The molecule has 3 N–H and O–H groups in total. The molecule has 0 spiro atoms. The maximum Gasteiger partial charge on any atom is 0.387 e. The maximum atomic E-state index is 12.9. The van der Waals surface area contributed by atoms with Crippen molar-refractivity contribution in [3.63, 3.8) is 0 Å². The number of nitrogens with two attached hydrogens (primary N) is 1. The summed E-state index contributed by atoms with van der Waals surface area (Å²) in [6.07, 6.45) is 2.18. The minimum absolute atomic E-state index is 0.0482. The number of aliphatic hydroxyl groups excluding tert-OH is 1. The number of halogens is 2. The number of amides is 1. The zero-order chi connectivity index (χ0) is 29.3. The lowest BCUT2D eigenvalue weighted by atomic mass is 10.1. The summed E-state index contributed by atoms with van der Waals surface area (Å²) in [7, 11) is 1.63. The van der Waals surface area contributed by atoms with Crippen molar-refractivity contribution >= 4 is 22.8 Å². The fourth-order valence-electron chi connectivity index (χ4n) is 5.14. The van der Waals surface area contributed by atoms with Crippen molar-refractivity contribution in [2.75, 3.05) is 31.1 Å². The van der Waals surface area contributed by atoms with Crippen LogP contribution >= 0.6 is 0 Å². The zero-order valence-electron chi connectivity index (χ0n) is 22.7. The molecule has 4 aromatic rings. The first-order valence-electron chi connectivity index (χ1n) is 13.2. The average molecular weight is 568 g/mol. The number of carbonyl (C=O) groups is 1. The number of carbonyl (C=O) groups excluding carboxylic acids is 1. The van der Waals surface area contributed by atoms with Gasteiger partial charge in [0, 0.05) is 62.8 Å². The first-order chi connectivity index (χ1) is 19.7. The lowest BCUT2D eigenvalue weighted by molar-refractivity contribution is -0.142. The Morgan fingerprint density at radius 2 is 1.88 bits per heavy atom. The molecule has 1 unspecified atom stereocenters. The molecule has 1 aliphatic rings. The van der Waals surface area contributed by atoms with Gasteiger partial charge in [0.1, 0.15) is 11.9 Å². The smallest absolute Gasteiger partial charge is 0.387 e. The van der Waals surface area contributed by atoms with Gasteiger partial charge in [-0.05, 0) is 30.7 Å². The number of hydrogen-bond donors (Lipinski definition) is 2. The van der Waals surface area contributed by atoms with Crippen LogP contribution in [0.25, 0.3) is 22.0 Å². The van der Waals surface area contributed by atoms with Crippen molar-refractivity contribution in [2.24, 2.45) is 12.8 Å². The fourth-order valence-corrected chi connectivity index (χ4v) is 5.14. The third-order valence-electron chi connectivity index (χ3n) is 7.34. The van der Waals surface area contributed by atoms with Crippen molar-refractivity contribution in [1.82, 2.24) is 24.2 Å². The molecule has 5 rings (SSSR count). The Hall–Kier alpha value is -4.36. The summed E-state index contributed by atoms with van der Waals surface area (Å²) in [5.41, 5.74) is 7.86. The highest BCUT2D eigenvalue weighted by Crippen LogP contribution is 2.27. The Kier molecular flexibility index (Phi) is 7.99. The SMILES string of the molecule is C[C@@H]1CN(c2ncc(-c3ccc4c(=O)n(C)n(Cc5ccccc5OC(F)F)c4c3)cn2)CCN1C(=O)C(O)CN. The van der Waals surface area contributed by atoms with E-state index in [1.807, 2.05) is 24.0 Å². The highest BCUT2D eigenvalue weighted by molar-refractivity contribution is 5.84. The van der Waals surface area contributed by atoms with E-state index in [-0.39, 0.29) is 36.3 Å². The molecule has 2 aromatic carbocycles. The van der Waals surface area contributed by atoms with Crippen LogP contribution in [0.1, 0.15) is 12.5 Å². The number of nitrogens with zero attached hydrogens (tertiary/aromatic N) is 6. The lowest BCUT2D eigenvalue weighted by Gasteiger charge is -2.40. The molecule has 216 valence electrons. The van der Waals surface area contributed by atoms with Gasteiger partial charge >= 0.3 is 6.61 Å². The van der Waals surface area contributed by atoms with Crippen LogP contribution in [0.5, 0.6) is 5.75 Å². The Bertz CT molecular complexity index is 1610. The summed E-state index contributed by atoms with van der Waals surface area (Å²) in [4.78, 5) is 38.0. The third kappa shape index (κ3) is 5.63. The molecule has 1 fully saturated rings. The van der Waals surface area contributed by atoms with Gasteiger partial charge in [0.25, 0.3) is 11.5 Å². The van der Waals surface area contributed by atoms with E-state index in [1.54, 1.807) is 53.3 Å². The topological polar surface area (TPSA) is 132 Å². The number of rotatable bonds is 8. The molecule has 0 bridgehead atoms. The minimum Gasteiger partial charge on any atom is -0.434 e. The number of fused-ring (bicyclic) bond motifs is 1. The molecule has 11 nitrogen and oxygen atoms in total. The van der Waals surface area contributed by atoms with Crippen molar-refractivity contribution < 1.29 is 23.4 Å². The van der Waals surface area contributed by atoms with Crippen LogP contribution in [0, 0.1) is 0 Å². The van der Waals surface area contributed by atoms with Crippen LogP contribution in [-0.4, -0.2) is 80.2 Å². The van der Waals surface area contributed by atoms with Gasteiger partial charge in [-0.25, -0.2) is 9.97 Å². The highest BCUT2D eigenvalue weighted by atomic mass is 19.3. The van der Waals surface area contributed by atoms with Crippen LogP contribution in [-0.2, 0) is 18.4 Å². The van der Waals surface area contributed by atoms with E-state index in [4.69, 9.17) is 5.73 Å². The highest BCUT2D eigenvalue weighted by Gasteiger charge is 2.31. The number of aliphatic hydroxyl groups is 1. The van der Waals surface area contributed by atoms with Gasteiger partial charge in [0.05, 0.1) is 17.4 Å². The summed E-state index contributed by atoms with van der Waals surface area (Å²) in [5, 5.41) is 10.3. The predicted molar refractivity (Wildman–Crippen MR) is 149 cm³/mol. The number of hydrogen-bond acceptors (Lipinski definition) is 8. The number of alkyl halides is 2. The number of aromatic nitrogens is 4. The normalized spacial score (nSPS) is 16.4. The number of benzene rings is 2. The van der Waals surface area contributed by atoms with Gasteiger partial charge in [-0.15, -0.1) is 0 Å². The van der Waals surface area contributed by atoms with E-state index in [0.717, 1.165) is 11.1 Å². The van der Waals surface area contributed by atoms with Gasteiger partial charge in [0.15, 0.2) is 0 Å². The van der Waals surface area contributed by atoms with Crippen LogP contribution in [0.4, 0.5) is 14.7 Å². The van der Waals surface area contributed by atoms with Gasteiger partial charge in [-0.1, -0.05) is 24.3 Å². The van der Waals surface area contributed by atoms with Crippen molar-refractivity contribution in [2.45, 2.75) is 32.2 Å². The Labute approximate surface area is 234 Å². The molecule has 0 aliphatic carbocycles. The van der Waals surface area contributed by atoms with E-state index < -0.39 is 12.7 Å². The first kappa shape index (κ1) is 28.2. The van der Waals surface area contributed by atoms with Gasteiger partial charge in [0.2, 0.25) is 5.95 Å². The minimum atomic E-state index is -2.96. The summed E-state index contributed by atoms with van der Waals surface area (Å²) in [6, 6.07) is 11.7. The van der Waals surface area contributed by atoms with E-state index >= 15 is 0 Å². The lowest BCUT2D eigenvalue weighted by Crippen LogP contribution is -2.57. The summed E-state index contributed by atoms with van der Waals surface area (Å²) in [6.45, 7) is 0.375. The molecule has 3 heterocycles. The summed E-state index contributed by atoms with van der Waals surface area (Å²) >= 11 is 0. The second kappa shape index (κ2) is 11.6. The van der Waals surface area contributed by atoms with E-state index in [1.165, 1.54) is 10.7 Å². The van der Waals surface area contributed by atoms with Crippen molar-refractivity contribution in [3.8, 4) is 16.9 Å². The van der Waals surface area contributed by atoms with Crippen LogP contribution in [0.15, 0.2) is 59.7 Å². The van der Waals surface area contributed by atoms with Gasteiger partial charge < -0.3 is 25.4 Å². The molecule has 0 saturated carbocycles. The number of para-hydroxylation sites is 1. The summed E-state index contributed by atoms with van der Waals surface area (Å²) in [5.74, 6) is 0.183. The largest absolute Gasteiger partial charge is 0.434 e. The van der Waals surface area contributed by atoms with Gasteiger partial charge in [-0.3, -0.25) is 19.0 Å². The van der Waals surface area contributed by atoms with Gasteiger partial charge in [-0.2, -0.15) is 8.78 Å². The third-order valence-corrected chi connectivity index (χ3v) is 7.34. The number of ether oxygens (including phenoxy) is 1. The zero-order valence-corrected chi connectivity index (χ0v) is 22.7. The van der Waals surface area contributed by atoms with Crippen LogP contribution in [0.3, 0.4) is 0 Å². The average Bonchev–Trinajstić information content (AvgIpc) is 3.21. The van der Waals surface area contributed by atoms with E-state index in [9.17, 15) is 23.5 Å².